The van der Waals surface area contributed by atoms with Crippen LogP contribution in [0.3, 0.4) is 0 Å². The predicted molar refractivity (Wildman–Crippen MR) is 90.6 cm³/mol. The zero-order valence-electron chi connectivity index (χ0n) is 13.3. The lowest BCUT2D eigenvalue weighted by molar-refractivity contribution is -0.127. The minimum Gasteiger partial charge on any atom is -0.338 e. The standard InChI is InChI=1S/C17H18N4O2S/c1-21-13(22)9-12(14(21)10-5-3-2-4-6-10)15(23)18-17-20-19-16(24-17)11-7-8-11/h2-6,11-12,14H,7-9H2,1H3,(H,18,20,23)/t12-,14+/m1/s1. The third-order valence-electron chi connectivity index (χ3n) is 4.66. The molecule has 124 valence electrons. The molecule has 2 fully saturated rings. The molecule has 1 aromatic carbocycles. The van der Waals surface area contributed by atoms with E-state index < -0.39 is 5.92 Å². The van der Waals surface area contributed by atoms with Gasteiger partial charge in [-0.3, -0.25) is 9.59 Å². The average molecular weight is 342 g/mol. The monoisotopic (exact) mass is 342 g/mol. The van der Waals surface area contributed by atoms with Crippen LogP contribution in [0.5, 0.6) is 0 Å². The first-order valence-electron chi connectivity index (χ1n) is 8.08. The maximum absolute atomic E-state index is 12.7. The van der Waals surface area contributed by atoms with Crippen molar-refractivity contribution in [2.24, 2.45) is 5.92 Å². The Bertz CT molecular complexity index is 772. The quantitative estimate of drug-likeness (QED) is 0.927. The second-order valence-corrected chi connectivity index (χ2v) is 7.39. The van der Waals surface area contributed by atoms with Crippen molar-refractivity contribution < 1.29 is 9.59 Å². The Morgan fingerprint density at radius 3 is 2.71 bits per heavy atom. The van der Waals surface area contributed by atoms with Crippen LogP contribution in [-0.4, -0.2) is 34.0 Å². The summed E-state index contributed by atoms with van der Waals surface area (Å²) in [4.78, 5) is 26.5. The summed E-state index contributed by atoms with van der Waals surface area (Å²) in [5, 5.41) is 12.6. The molecule has 0 spiro atoms. The molecule has 4 rings (SSSR count). The van der Waals surface area contributed by atoms with Crippen molar-refractivity contribution in [3.63, 3.8) is 0 Å². The van der Waals surface area contributed by atoms with E-state index in [2.05, 4.69) is 15.5 Å². The summed E-state index contributed by atoms with van der Waals surface area (Å²) in [6.45, 7) is 0. The average Bonchev–Trinajstić information content (AvgIpc) is 3.27. The molecule has 2 atom stereocenters. The summed E-state index contributed by atoms with van der Waals surface area (Å²) >= 11 is 1.44. The third kappa shape index (κ3) is 2.80. The number of anilines is 1. The van der Waals surface area contributed by atoms with Crippen LogP contribution < -0.4 is 5.32 Å². The van der Waals surface area contributed by atoms with E-state index in [-0.39, 0.29) is 24.3 Å². The Labute approximate surface area is 143 Å². The minimum atomic E-state index is -0.418. The molecule has 1 aliphatic heterocycles. The normalized spacial score (nSPS) is 23.5. The molecule has 2 aliphatic rings. The molecule has 0 unspecified atom stereocenters. The van der Waals surface area contributed by atoms with Gasteiger partial charge in [0.15, 0.2) is 0 Å². The van der Waals surface area contributed by atoms with Gasteiger partial charge in [-0.2, -0.15) is 0 Å². The Morgan fingerprint density at radius 2 is 2.00 bits per heavy atom. The first-order chi connectivity index (χ1) is 11.6. The van der Waals surface area contributed by atoms with Gasteiger partial charge in [-0.25, -0.2) is 0 Å². The smallest absolute Gasteiger partial charge is 0.232 e. The molecule has 2 amide bonds. The molecule has 1 saturated heterocycles. The highest BCUT2D eigenvalue weighted by atomic mass is 32.1. The fraction of sp³-hybridized carbons (Fsp3) is 0.412. The van der Waals surface area contributed by atoms with Crippen molar-refractivity contribution >= 4 is 28.3 Å². The molecule has 6 nitrogen and oxygen atoms in total. The second-order valence-electron chi connectivity index (χ2n) is 6.38. The first-order valence-corrected chi connectivity index (χ1v) is 8.90. The van der Waals surface area contributed by atoms with Gasteiger partial charge in [-0.05, 0) is 18.4 Å². The highest BCUT2D eigenvalue weighted by Crippen LogP contribution is 2.42. The SMILES string of the molecule is CN1C(=O)C[C@@H](C(=O)Nc2nnc(C3CC3)s2)[C@@H]1c1ccccc1. The van der Waals surface area contributed by atoms with Crippen LogP contribution in [0.2, 0.25) is 0 Å². The summed E-state index contributed by atoms with van der Waals surface area (Å²) in [6.07, 6.45) is 2.53. The molecule has 24 heavy (non-hydrogen) atoms. The van der Waals surface area contributed by atoms with E-state index in [4.69, 9.17) is 0 Å². The number of nitrogens with one attached hydrogen (secondary N) is 1. The lowest BCUT2D eigenvalue weighted by Gasteiger charge is -2.24. The number of carbonyl (C=O) groups is 2. The van der Waals surface area contributed by atoms with Gasteiger partial charge in [0.05, 0.1) is 12.0 Å². The number of hydrogen-bond donors (Lipinski definition) is 1. The number of amides is 2. The largest absolute Gasteiger partial charge is 0.338 e. The van der Waals surface area contributed by atoms with Gasteiger partial charge >= 0.3 is 0 Å². The number of benzene rings is 1. The highest BCUT2D eigenvalue weighted by Gasteiger charge is 2.43. The Balaban J connectivity index is 1.53. The summed E-state index contributed by atoms with van der Waals surface area (Å²) in [5.74, 6) is -0.0810. The molecule has 2 heterocycles. The van der Waals surface area contributed by atoms with E-state index in [1.54, 1.807) is 11.9 Å². The van der Waals surface area contributed by atoms with Crippen molar-refractivity contribution in [1.29, 1.82) is 0 Å². The third-order valence-corrected chi connectivity index (χ3v) is 5.66. The van der Waals surface area contributed by atoms with Gasteiger partial charge < -0.3 is 10.2 Å². The molecule has 0 radical (unpaired) electrons. The van der Waals surface area contributed by atoms with Crippen molar-refractivity contribution in [3.05, 3.63) is 40.9 Å². The topological polar surface area (TPSA) is 75.2 Å². The van der Waals surface area contributed by atoms with Crippen LogP contribution >= 0.6 is 11.3 Å². The molecule has 0 bridgehead atoms. The second kappa shape index (κ2) is 5.98. The molecule has 1 aliphatic carbocycles. The van der Waals surface area contributed by atoms with Crippen LogP contribution in [0.15, 0.2) is 30.3 Å². The lowest BCUT2D eigenvalue weighted by atomic mass is 9.93. The number of carbonyl (C=O) groups excluding carboxylic acids is 2. The first kappa shape index (κ1) is 15.3. The maximum atomic E-state index is 12.7. The summed E-state index contributed by atoms with van der Waals surface area (Å²) in [6, 6.07) is 9.44. The van der Waals surface area contributed by atoms with Crippen molar-refractivity contribution in [2.75, 3.05) is 12.4 Å². The van der Waals surface area contributed by atoms with E-state index in [0.717, 1.165) is 23.4 Å². The summed E-state index contributed by atoms with van der Waals surface area (Å²) < 4.78 is 0. The zero-order chi connectivity index (χ0) is 16.7. The Hall–Kier alpha value is -2.28. The van der Waals surface area contributed by atoms with Gasteiger partial charge in [0.2, 0.25) is 16.9 Å². The molecular formula is C17H18N4O2S. The number of rotatable bonds is 4. The fourth-order valence-corrected chi connectivity index (χ4v) is 4.10. The number of aromatic nitrogens is 2. The van der Waals surface area contributed by atoms with Crippen molar-refractivity contribution in [2.45, 2.75) is 31.2 Å². The lowest BCUT2D eigenvalue weighted by Crippen LogP contribution is -2.29. The molecule has 7 heteroatoms. The van der Waals surface area contributed by atoms with Crippen LogP contribution in [-0.2, 0) is 9.59 Å². The number of hydrogen-bond acceptors (Lipinski definition) is 5. The van der Waals surface area contributed by atoms with Gasteiger partial charge in [0.1, 0.15) is 5.01 Å². The van der Waals surface area contributed by atoms with E-state index >= 15 is 0 Å². The molecule has 1 aromatic heterocycles. The number of likely N-dealkylation sites (tertiary alicyclic amines) is 1. The van der Waals surface area contributed by atoms with Crippen LogP contribution in [0.25, 0.3) is 0 Å². The summed E-state index contributed by atoms with van der Waals surface area (Å²) in [7, 11) is 1.75. The van der Waals surface area contributed by atoms with Crippen LogP contribution in [0, 0.1) is 5.92 Å². The van der Waals surface area contributed by atoms with Gasteiger partial charge in [0, 0.05) is 19.4 Å². The van der Waals surface area contributed by atoms with Gasteiger partial charge in [-0.1, -0.05) is 41.7 Å². The van der Waals surface area contributed by atoms with E-state index in [1.807, 2.05) is 30.3 Å². The van der Waals surface area contributed by atoms with Crippen molar-refractivity contribution in [1.82, 2.24) is 15.1 Å². The molecular weight excluding hydrogens is 324 g/mol. The molecule has 1 N–H and O–H groups in total. The Morgan fingerprint density at radius 1 is 1.25 bits per heavy atom. The van der Waals surface area contributed by atoms with Crippen LogP contribution in [0.1, 0.15) is 41.8 Å². The van der Waals surface area contributed by atoms with E-state index in [9.17, 15) is 9.59 Å². The summed E-state index contributed by atoms with van der Waals surface area (Å²) in [5.41, 5.74) is 0.974. The van der Waals surface area contributed by atoms with Crippen molar-refractivity contribution in [3.8, 4) is 0 Å². The fourth-order valence-electron chi connectivity index (χ4n) is 3.19. The van der Waals surface area contributed by atoms with Gasteiger partial charge in [-0.15, -0.1) is 10.2 Å². The maximum Gasteiger partial charge on any atom is 0.232 e. The van der Waals surface area contributed by atoms with Gasteiger partial charge in [0.25, 0.3) is 0 Å². The minimum absolute atomic E-state index is 0.0139. The Kier molecular flexibility index (Phi) is 3.80. The van der Waals surface area contributed by atoms with E-state index in [1.165, 1.54) is 11.3 Å². The molecule has 1 saturated carbocycles. The zero-order valence-corrected chi connectivity index (χ0v) is 14.1. The predicted octanol–water partition coefficient (Wildman–Crippen LogP) is 2.57. The van der Waals surface area contributed by atoms with Crippen LogP contribution in [0.4, 0.5) is 5.13 Å². The highest BCUT2D eigenvalue weighted by molar-refractivity contribution is 7.15. The number of nitrogens with zero attached hydrogens (tertiary/aromatic N) is 3. The molecule has 2 aromatic rings. The van der Waals surface area contributed by atoms with E-state index in [0.29, 0.717) is 11.0 Å².